The number of nitrogens with one attached hydrogen (secondary N) is 2. The Bertz CT molecular complexity index is 798. The van der Waals surface area contributed by atoms with E-state index in [0.717, 1.165) is 11.3 Å². The van der Waals surface area contributed by atoms with Crippen LogP contribution in [0.5, 0.6) is 0 Å². The Morgan fingerprint density at radius 1 is 1.21 bits per heavy atom. The molecule has 0 fully saturated rings. The van der Waals surface area contributed by atoms with Crippen LogP contribution < -0.4 is 10.6 Å². The second-order valence-electron chi connectivity index (χ2n) is 6.17. The van der Waals surface area contributed by atoms with Crippen LogP contribution in [0.1, 0.15) is 18.2 Å². The molecule has 28 heavy (non-hydrogen) atoms. The minimum atomic E-state index is -0.0222. The third-order valence-electron chi connectivity index (χ3n) is 4.03. The summed E-state index contributed by atoms with van der Waals surface area (Å²) in [5.74, 6) is 0.533. The molecule has 6 nitrogen and oxygen atoms in total. The molecular formula is C20H25Cl2N5O. The minimum Gasteiger partial charge on any atom is -0.357 e. The Labute approximate surface area is 176 Å². The highest BCUT2D eigenvalue weighted by molar-refractivity contribution is 6.35. The molecule has 0 aliphatic rings. The summed E-state index contributed by atoms with van der Waals surface area (Å²) in [5.41, 5.74) is 1.83. The summed E-state index contributed by atoms with van der Waals surface area (Å²) >= 11 is 12.1. The molecule has 1 aromatic heterocycles. The van der Waals surface area contributed by atoms with Gasteiger partial charge in [0, 0.05) is 48.5 Å². The van der Waals surface area contributed by atoms with E-state index in [9.17, 15) is 4.79 Å². The fourth-order valence-electron chi connectivity index (χ4n) is 2.40. The highest BCUT2D eigenvalue weighted by atomic mass is 35.5. The van der Waals surface area contributed by atoms with Gasteiger partial charge in [-0.25, -0.2) is 4.99 Å². The van der Waals surface area contributed by atoms with Gasteiger partial charge < -0.3 is 15.5 Å². The predicted molar refractivity (Wildman–Crippen MR) is 115 cm³/mol. The first-order valence-electron chi connectivity index (χ1n) is 9.09. The van der Waals surface area contributed by atoms with Crippen molar-refractivity contribution in [2.75, 3.05) is 26.7 Å². The van der Waals surface area contributed by atoms with Gasteiger partial charge >= 0.3 is 0 Å². The molecule has 2 aromatic rings. The molecule has 1 amide bonds. The van der Waals surface area contributed by atoms with E-state index >= 15 is 0 Å². The topological polar surface area (TPSA) is 69.6 Å². The number of halogens is 2. The number of carbonyl (C=O) groups excluding carboxylic acids is 1. The molecule has 1 aromatic carbocycles. The van der Waals surface area contributed by atoms with Crippen LogP contribution in [-0.2, 0) is 17.8 Å². The van der Waals surface area contributed by atoms with Crippen molar-refractivity contribution in [3.05, 3.63) is 63.9 Å². The number of nitrogens with zero attached hydrogens (tertiary/aromatic N) is 3. The number of amides is 1. The van der Waals surface area contributed by atoms with E-state index in [1.54, 1.807) is 30.3 Å². The van der Waals surface area contributed by atoms with Gasteiger partial charge in [-0.15, -0.1) is 0 Å². The molecule has 0 bridgehead atoms. The van der Waals surface area contributed by atoms with Gasteiger partial charge in [0.05, 0.1) is 13.1 Å². The molecule has 1 heterocycles. The molecular weight excluding hydrogens is 397 g/mol. The monoisotopic (exact) mass is 421 g/mol. The molecule has 0 aliphatic carbocycles. The summed E-state index contributed by atoms with van der Waals surface area (Å²) in [5, 5.41) is 7.34. The van der Waals surface area contributed by atoms with Crippen molar-refractivity contribution in [3.63, 3.8) is 0 Å². The summed E-state index contributed by atoms with van der Waals surface area (Å²) < 4.78 is 0. The number of aromatic nitrogens is 1. The van der Waals surface area contributed by atoms with Crippen molar-refractivity contribution in [2.24, 2.45) is 4.99 Å². The zero-order valence-electron chi connectivity index (χ0n) is 16.1. The normalized spacial score (nSPS) is 11.2. The highest BCUT2D eigenvalue weighted by Crippen LogP contribution is 2.21. The van der Waals surface area contributed by atoms with Gasteiger partial charge in [0.1, 0.15) is 0 Å². The van der Waals surface area contributed by atoms with E-state index in [1.807, 2.05) is 31.2 Å². The molecule has 8 heteroatoms. The number of aliphatic imine (C=N–C) groups is 1. The first kappa shape index (κ1) is 22.0. The van der Waals surface area contributed by atoms with Crippen molar-refractivity contribution >= 4 is 35.1 Å². The maximum absolute atomic E-state index is 12.4. The molecule has 0 saturated heterocycles. The molecule has 0 unspecified atom stereocenters. The number of rotatable bonds is 8. The van der Waals surface area contributed by atoms with Crippen LogP contribution in [0.3, 0.4) is 0 Å². The van der Waals surface area contributed by atoms with Gasteiger partial charge in [0.15, 0.2) is 5.96 Å². The van der Waals surface area contributed by atoms with Crippen LogP contribution >= 0.6 is 23.2 Å². The first-order valence-corrected chi connectivity index (χ1v) is 9.85. The fraction of sp³-hybridized carbons (Fsp3) is 0.350. The molecule has 0 aliphatic heterocycles. The van der Waals surface area contributed by atoms with Gasteiger partial charge in [-0.1, -0.05) is 35.3 Å². The van der Waals surface area contributed by atoms with Crippen molar-refractivity contribution in [2.45, 2.75) is 19.9 Å². The smallest absolute Gasteiger partial charge is 0.241 e. The summed E-state index contributed by atoms with van der Waals surface area (Å²) in [7, 11) is 1.78. The van der Waals surface area contributed by atoms with E-state index in [1.165, 1.54) is 0 Å². The zero-order chi connectivity index (χ0) is 20.4. The summed E-state index contributed by atoms with van der Waals surface area (Å²) in [6, 6.07) is 11.1. The number of guanidine groups is 1. The number of carbonyl (C=O) groups is 1. The average Bonchev–Trinajstić information content (AvgIpc) is 2.69. The van der Waals surface area contributed by atoms with E-state index in [2.05, 4.69) is 20.6 Å². The Morgan fingerprint density at radius 2 is 2.04 bits per heavy atom. The Morgan fingerprint density at radius 3 is 2.71 bits per heavy atom. The summed E-state index contributed by atoms with van der Waals surface area (Å²) in [6.45, 7) is 3.79. The Balaban J connectivity index is 1.86. The summed E-state index contributed by atoms with van der Waals surface area (Å²) in [6.07, 6.45) is 2.47. The maximum Gasteiger partial charge on any atom is 0.241 e. The first-order chi connectivity index (χ1) is 13.5. The molecule has 0 saturated carbocycles. The van der Waals surface area contributed by atoms with E-state index in [0.29, 0.717) is 42.1 Å². The van der Waals surface area contributed by atoms with Crippen LogP contribution in [-0.4, -0.2) is 48.4 Å². The minimum absolute atomic E-state index is 0.0222. The molecule has 2 N–H and O–H groups in total. The Hall–Kier alpha value is -2.31. The van der Waals surface area contributed by atoms with Crippen molar-refractivity contribution < 1.29 is 4.79 Å². The predicted octanol–water partition coefficient (Wildman–Crippen LogP) is 3.14. The second kappa shape index (κ2) is 11.5. The lowest BCUT2D eigenvalue weighted by Crippen LogP contribution is -2.44. The standard InChI is InChI=1S/C20H25Cl2N5O/c1-3-23-20(25-13-15-7-8-16(21)12-18(15)22)26-14-19(28)27(2)11-9-17-6-4-5-10-24-17/h4-8,10,12H,3,9,11,13-14H2,1-2H3,(H2,23,25,26). The molecule has 0 spiro atoms. The van der Waals surface area contributed by atoms with Gasteiger partial charge in [0.2, 0.25) is 5.91 Å². The van der Waals surface area contributed by atoms with Gasteiger partial charge in [-0.3, -0.25) is 9.78 Å². The van der Waals surface area contributed by atoms with Crippen LogP contribution in [0, 0.1) is 0 Å². The van der Waals surface area contributed by atoms with Crippen molar-refractivity contribution in [1.29, 1.82) is 0 Å². The van der Waals surface area contributed by atoms with E-state index in [-0.39, 0.29) is 12.5 Å². The number of hydrogen-bond donors (Lipinski definition) is 2. The lowest BCUT2D eigenvalue weighted by molar-refractivity contribution is -0.128. The third kappa shape index (κ3) is 7.37. The van der Waals surface area contributed by atoms with Gasteiger partial charge in [0.25, 0.3) is 0 Å². The highest BCUT2D eigenvalue weighted by Gasteiger charge is 2.10. The third-order valence-corrected chi connectivity index (χ3v) is 4.62. The van der Waals surface area contributed by atoms with Crippen LogP contribution in [0.15, 0.2) is 47.6 Å². The van der Waals surface area contributed by atoms with Crippen molar-refractivity contribution in [3.8, 4) is 0 Å². The average molecular weight is 422 g/mol. The SMILES string of the molecule is CCNC(=NCc1ccc(Cl)cc1Cl)NCC(=O)N(C)CCc1ccccn1. The molecule has 2 rings (SSSR count). The summed E-state index contributed by atoms with van der Waals surface area (Å²) in [4.78, 5) is 22.8. The van der Waals surface area contributed by atoms with E-state index in [4.69, 9.17) is 23.2 Å². The fourth-order valence-corrected chi connectivity index (χ4v) is 2.87. The van der Waals surface area contributed by atoms with Crippen LogP contribution in [0.2, 0.25) is 10.0 Å². The molecule has 0 atom stereocenters. The number of benzene rings is 1. The lowest BCUT2D eigenvalue weighted by atomic mass is 10.2. The second-order valence-corrected chi connectivity index (χ2v) is 7.01. The quantitative estimate of drug-likeness (QED) is 0.507. The largest absolute Gasteiger partial charge is 0.357 e. The maximum atomic E-state index is 12.4. The van der Waals surface area contributed by atoms with Crippen molar-refractivity contribution in [1.82, 2.24) is 20.5 Å². The number of pyridine rings is 1. The van der Waals surface area contributed by atoms with Gasteiger partial charge in [-0.05, 0) is 36.8 Å². The zero-order valence-corrected chi connectivity index (χ0v) is 17.6. The van der Waals surface area contributed by atoms with Crippen LogP contribution in [0.4, 0.5) is 0 Å². The Kier molecular flexibility index (Phi) is 9.04. The molecule has 150 valence electrons. The van der Waals surface area contributed by atoms with Gasteiger partial charge in [-0.2, -0.15) is 0 Å². The lowest BCUT2D eigenvalue weighted by Gasteiger charge is -2.18. The molecule has 0 radical (unpaired) electrons. The van der Waals surface area contributed by atoms with E-state index < -0.39 is 0 Å². The number of likely N-dealkylation sites (N-methyl/N-ethyl adjacent to an activating group) is 1. The van der Waals surface area contributed by atoms with Crippen LogP contribution in [0.25, 0.3) is 0 Å². The number of hydrogen-bond acceptors (Lipinski definition) is 3.